The van der Waals surface area contributed by atoms with E-state index in [4.69, 9.17) is 10.00 Å². The maximum Gasteiger partial charge on any atom is 0.251 e. The molecule has 1 saturated carbocycles. The standard InChI is InChI=1S/C18H24N6O3S/c1-4-24-13(3)17(12(2)22-24)28(25,26)23-14-5-7-15(8-6-14)27-18-16(11-19)20-9-10-21-18/h9-10,14-15,23H,4-8H2,1-3H3. The maximum atomic E-state index is 12.9. The van der Waals surface area contributed by atoms with Crippen LogP contribution < -0.4 is 9.46 Å². The highest BCUT2D eigenvalue weighted by Crippen LogP contribution is 2.26. The molecule has 10 heteroatoms. The van der Waals surface area contributed by atoms with Crippen molar-refractivity contribution in [3.05, 3.63) is 29.5 Å². The summed E-state index contributed by atoms with van der Waals surface area (Å²) in [5, 5.41) is 13.4. The summed E-state index contributed by atoms with van der Waals surface area (Å²) in [7, 11) is -3.64. The van der Waals surface area contributed by atoms with Crippen LogP contribution in [0.4, 0.5) is 0 Å². The molecule has 150 valence electrons. The fourth-order valence-electron chi connectivity index (χ4n) is 3.60. The minimum Gasteiger partial charge on any atom is -0.472 e. The summed E-state index contributed by atoms with van der Waals surface area (Å²) in [6.45, 7) is 6.04. The molecule has 0 saturated heterocycles. The second kappa shape index (κ2) is 8.24. The van der Waals surface area contributed by atoms with Gasteiger partial charge in [-0.05, 0) is 46.5 Å². The van der Waals surface area contributed by atoms with Crippen molar-refractivity contribution in [2.75, 3.05) is 0 Å². The zero-order valence-corrected chi connectivity index (χ0v) is 17.0. The highest BCUT2D eigenvalue weighted by molar-refractivity contribution is 7.89. The van der Waals surface area contributed by atoms with Crippen LogP contribution in [0.25, 0.3) is 0 Å². The Morgan fingerprint density at radius 1 is 1.25 bits per heavy atom. The molecule has 0 spiro atoms. The number of nitrogens with one attached hydrogen (secondary N) is 1. The normalized spacial score (nSPS) is 19.9. The molecule has 0 bridgehead atoms. The molecule has 0 unspecified atom stereocenters. The fourth-order valence-corrected chi connectivity index (χ4v) is 5.32. The van der Waals surface area contributed by atoms with Crippen LogP contribution in [-0.2, 0) is 16.6 Å². The third kappa shape index (κ3) is 4.15. The van der Waals surface area contributed by atoms with Crippen molar-refractivity contribution in [1.29, 1.82) is 5.26 Å². The third-order valence-corrected chi connectivity index (χ3v) is 6.70. The third-order valence-electron chi connectivity index (χ3n) is 4.93. The van der Waals surface area contributed by atoms with Gasteiger partial charge in [-0.3, -0.25) is 4.68 Å². The Bertz CT molecular complexity index is 987. The lowest BCUT2D eigenvalue weighted by atomic mass is 9.94. The van der Waals surface area contributed by atoms with Gasteiger partial charge in [0.15, 0.2) is 0 Å². The maximum absolute atomic E-state index is 12.9. The van der Waals surface area contributed by atoms with E-state index in [2.05, 4.69) is 19.8 Å². The molecule has 2 aromatic heterocycles. The Kier molecular flexibility index (Phi) is 5.96. The van der Waals surface area contributed by atoms with Crippen LogP contribution in [0.3, 0.4) is 0 Å². The highest BCUT2D eigenvalue weighted by atomic mass is 32.2. The number of hydrogen-bond donors (Lipinski definition) is 1. The van der Waals surface area contributed by atoms with Gasteiger partial charge in [-0.1, -0.05) is 0 Å². The van der Waals surface area contributed by atoms with E-state index in [1.807, 2.05) is 13.0 Å². The molecule has 0 radical (unpaired) electrons. The Balaban J connectivity index is 1.63. The van der Waals surface area contributed by atoms with Gasteiger partial charge >= 0.3 is 0 Å². The number of rotatable bonds is 6. The molecule has 3 rings (SSSR count). The molecule has 1 fully saturated rings. The number of aromatic nitrogens is 4. The van der Waals surface area contributed by atoms with Crippen LogP contribution in [0.2, 0.25) is 0 Å². The zero-order valence-electron chi connectivity index (χ0n) is 16.2. The Morgan fingerprint density at radius 3 is 2.54 bits per heavy atom. The van der Waals surface area contributed by atoms with Gasteiger partial charge in [0, 0.05) is 25.0 Å². The second-order valence-corrected chi connectivity index (χ2v) is 8.50. The van der Waals surface area contributed by atoms with Gasteiger partial charge in [-0.25, -0.2) is 23.1 Å². The van der Waals surface area contributed by atoms with E-state index in [9.17, 15) is 8.42 Å². The molecular weight excluding hydrogens is 380 g/mol. The van der Waals surface area contributed by atoms with Gasteiger partial charge in [0.2, 0.25) is 15.7 Å². The second-order valence-electron chi connectivity index (χ2n) is 6.85. The van der Waals surface area contributed by atoms with E-state index in [0.717, 1.165) is 0 Å². The Morgan fingerprint density at radius 2 is 1.93 bits per heavy atom. The summed E-state index contributed by atoms with van der Waals surface area (Å²) in [5.74, 6) is 0.229. The zero-order chi connectivity index (χ0) is 20.3. The largest absolute Gasteiger partial charge is 0.472 e. The molecule has 0 atom stereocenters. The number of nitrogens with zero attached hydrogens (tertiary/aromatic N) is 5. The van der Waals surface area contributed by atoms with Crippen molar-refractivity contribution in [2.24, 2.45) is 0 Å². The van der Waals surface area contributed by atoms with Crippen LogP contribution in [0, 0.1) is 25.2 Å². The molecule has 0 aliphatic heterocycles. The lowest BCUT2D eigenvalue weighted by molar-refractivity contribution is 0.137. The number of hydrogen-bond acceptors (Lipinski definition) is 7. The van der Waals surface area contributed by atoms with Crippen LogP contribution in [0.5, 0.6) is 5.88 Å². The molecular formula is C18H24N6O3S. The molecule has 2 heterocycles. The number of ether oxygens (including phenoxy) is 1. The molecule has 1 aliphatic carbocycles. The number of nitriles is 1. The van der Waals surface area contributed by atoms with Crippen molar-refractivity contribution in [1.82, 2.24) is 24.5 Å². The predicted octanol–water partition coefficient (Wildman–Crippen LogP) is 1.85. The SMILES string of the molecule is CCn1nc(C)c(S(=O)(=O)NC2CCC(Oc3nccnc3C#N)CC2)c1C. The minimum absolute atomic E-state index is 0.115. The minimum atomic E-state index is -3.64. The smallest absolute Gasteiger partial charge is 0.251 e. The predicted molar refractivity (Wildman–Crippen MR) is 101 cm³/mol. The lowest BCUT2D eigenvalue weighted by Gasteiger charge is -2.29. The molecule has 28 heavy (non-hydrogen) atoms. The first-order chi connectivity index (χ1) is 13.4. The van der Waals surface area contributed by atoms with E-state index in [1.54, 1.807) is 18.5 Å². The fraction of sp³-hybridized carbons (Fsp3) is 0.556. The van der Waals surface area contributed by atoms with Crippen molar-refractivity contribution < 1.29 is 13.2 Å². The van der Waals surface area contributed by atoms with E-state index in [0.29, 0.717) is 43.6 Å². The highest BCUT2D eigenvalue weighted by Gasteiger charge is 2.30. The first-order valence-electron chi connectivity index (χ1n) is 9.29. The molecule has 2 aromatic rings. The van der Waals surface area contributed by atoms with Gasteiger partial charge in [0.1, 0.15) is 17.1 Å². The summed E-state index contributed by atoms with van der Waals surface area (Å²) in [4.78, 5) is 8.27. The summed E-state index contributed by atoms with van der Waals surface area (Å²) < 4.78 is 36.1. The van der Waals surface area contributed by atoms with Gasteiger partial charge in [-0.2, -0.15) is 10.4 Å². The topological polar surface area (TPSA) is 123 Å². The Labute approximate surface area is 164 Å². The van der Waals surface area contributed by atoms with Crippen LogP contribution >= 0.6 is 0 Å². The molecule has 1 aliphatic rings. The molecule has 1 N–H and O–H groups in total. The average Bonchev–Trinajstić information content (AvgIpc) is 2.97. The van der Waals surface area contributed by atoms with Gasteiger partial charge in [0.25, 0.3) is 5.88 Å². The first-order valence-corrected chi connectivity index (χ1v) is 10.8. The van der Waals surface area contributed by atoms with Gasteiger partial charge in [0.05, 0.1) is 11.4 Å². The van der Waals surface area contributed by atoms with Crippen molar-refractivity contribution in [3.63, 3.8) is 0 Å². The van der Waals surface area contributed by atoms with Gasteiger partial charge in [-0.15, -0.1) is 0 Å². The quantitative estimate of drug-likeness (QED) is 0.779. The van der Waals surface area contributed by atoms with Crippen LogP contribution in [-0.4, -0.2) is 40.3 Å². The van der Waals surface area contributed by atoms with Crippen molar-refractivity contribution >= 4 is 10.0 Å². The average molecular weight is 404 g/mol. The first kappa shape index (κ1) is 20.2. The van der Waals surface area contributed by atoms with E-state index in [1.165, 1.54) is 12.4 Å². The molecule has 9 nitrogen and oxygen atoms in total. The number of sulfonamides is 1. The summed E-state index contributed by atoms with van der Waals surface area (Å²) >= 11 is 0. The van der Waals surface area contributed by atoms with Crippen LogP contribution in [0.1, 0.15) is 49.7 Å². The van der Waals surface area contributed by atoms with E-state index >= 15 is 0 Å². The monoisotopic (exact) mass is 404 g/mol. The number of aryl methyl sites for hydroxylation is 2. The lowest BCUT2D eigenvalue weighted by Crippen LogP contribution is -2.40. The van der Waals surface area contributed by atoms with Crippen LogP contribution in [0.15, 0.2) is 17.3 Å². The van der Waals surface area contributed by atoms with Gasteiger partial charge < -0.3 is 4.74 Å². The van der Waals surface area contributed by atoms with E-state index < -0.39 is 10.0 Å². The molecule has 0 amide bonds. The summed E-state index contributed by atoms with van der Waals surface area (Å²) in [5.41, 5.74) is 1.32. The Hall–Kier alpha value is -2.51. The van der Waals surface area contributed by atoms with E-state index in [-0.39, 0.29) is 28.6 Å². The van der Waals surface area contributed by atoms with Crippen molar-refractivity contribution in [3.8, 4) is 11.9 Å². The summed E-state index contributed by atoms with van der Waals surface area (Å²) in [6.07, 6.45) is 5.44. The van der Waals surface area contributed by atoms with Crippen molar-refractivity contribution in [2.45, 2.75) is 70.0 Å². The molecule has 0 aromatic carbocycles. The summed E-state index contributed by atoms with van der Waals surface area (Å²) in [6, 6.07) is 1.80.